The molecule has 2 heterocycles. The number of rotatable bonds is 6. The lowest BCUT2D eigenvalue weighted by molar-refractivity contribution is 0.0960. The molecule has 0 saturated heterocycles. The maximum atomic E-state index is 12.6. The molecule has 1 aromatic carbocycles. The Bertz CT molecular complexity index is 848. The van der Waals surface area contributed by atoms with Crippen LogP contribution >= 0.6 is 0 Å². The Morgan fingerprint density at radius 1 is 1.17 bits per heavy atom. The fourth-order valence-electron chi connectivity index (χ4n) is 2.88. The monoisotopic (exact) mass is 323 g/mol. The first-order chi connectivity index (χ1) is 11.6. The van der Waals surface area contributed by atoms with Gasteiger partial charge in [0.05, 0.1) is 0 Å². The number of hydrogen-bond acceptors (Lipinski definition) is 4. The van der Waals surface area contributed by atoms with Gasteiger partial charge < -0.3 is 4.57 Å². The Labute approximate surface area is 141 Å². The number of carbonyl (C=O) groups excluding carboxylic acids is 1. The molecule has 2 aromatic heterocycles. The summed E-state index contributed by atoms with van der Waals surface area (Å²) >= 11 is 0. The molecule has 0 unspecified atom stereocenters. The lowest BCUT2D eigenvalue weighted by Crippen LogP contribution is -2.14. The van der Waals surface area contributed by atoms with Gasteiger partial charge in [0.1, 0.15) is 6.54 Å². The molecule has 0 fully saturated rings. The van der Waals surface area contributed by atoms with Crippen molar-refractivity contribution in [2.24, 2.45) is 0 Å². The number of aromatic nitrogens is 5. The van der Waals surface area contributed by atoms with Gasteiger partial charge in [-0.25, -0.2) is 0 Å². The molecule has 0 atom stereocenters. The van der Waals surface area contributed by atoms with Crippen LogP contribution < -0.4 is 0 Å². The van der Waals surface area contributed by atoms with E-state index in [0.717, 1.165) is 35.5 Å². The molecule has 0 radical (unpaired) electrons. The lowest BCUT2D eigenvalue weighted by atomic mass is 10.1. The summed E-state index contributed by atoms with van der Waals surface area (Å²) in [6.45, 7) is 7.16. The summed E-state index contributed by atoms with van der Waals surface area (Å²) in [6.07, 6.45) is 1.04. The highest BCUT2D eigenvalue weighted by Gasteiger charge is 2.17. The number of Topliss-reactive ketones (excluding diaryl/α,β-unsaturated/α-hetero) is 1. The zero-order valence-electron chi connectivity index (χ0n) is 14.2. The van der Waals surface area contributed by atoms with Crippen LogP contribution in [0, 0.1) is 13.8 Å². The average Bonchev–Trinajstić information content (AvgIpc) is 3.16. The smallest absolute Gasteiger partial charge is 0.204 e. The molecule has 6 heteroatoms. The molecular weight excluding hydrogens is 302 g/mol. The predicted octanol–water partition coefficient (Wildman–Crippen LogP) is 3.05. The third-order valence-electron chi connectivity index (χ3n) is 4.09. The van der Waals surface area contributed by atoms with Gasteiger partial charge in [-0.2, -0.15) is 4.80 Å². The van der Waals surface area contributed by atoms with Gasteiger partial charge in [0.2, 0.25) is 5.82 Å². The van der Waals surface area contributed by atoms with Gasteiger partial charge in [-0.1, -0.05) is 37.3 Å². The summed E-state index contributed by atoms with van der Waals surface area (Å²) < 4.78 is 2.18. The van der Waals surface area contributed by atoms with Crippen LogP contribution in [0.2, 0.25) is 0 Å². The minimum absolute atomic E-state index is 0.00228. The van der Waals surface area contributed by atoms with Crippen LogP contribution in [-0.2, 0) is 13.1 Å². The average molecular weight is 323 g/mol. The van der Waals surface area contributed by atoms with E-state index in [9.17, 15) is 4.79 Å². The molecule has 124 valence electrons. The zero-order chi connectivity index (χ0) is 17.1. The van der Waals surface area contributed by atoms with E-state index in [-0.39, 0.29) is 12.3 Å². The number of benzene rings is 1. The molecule has 0 aliphatic rings. The summed E-state index contributed by atoms with van der Waals surface area (Å²) in [4.78, 5) is 14.0. The number of ketones is 1. The highest BCUT2D eigenvalue weighted by Crippen LogP contribution is 2.17. The maximum Gasteiger partial charge on any atom is 0.204 e. The molecule has 0 N–H and O–H groups in total. The van der Waals surface area contributed by atoms with Crippen LogP contribution in [0.5, 0.6) is 0 Å². The number of hydrogen-bond donors (Lipinski definition) is 0. The second kappa shape index (κ2) is 6.78. The summed E-state index contributed by atoms with van der Waals surface area (Å²) in [7, 11) is 0. The third-order valence-corrected chi connectivity index (χ3v) is 4.09. The minimum atomic E-state index is 0.00228. The molecule has 0 saturated carbocycles. The van der Waals surface area contributed by atoms with Crippen molar-refractivity contribution in [1.82, 2.24) is 24.8 Å². The largest absolute Gasteiger partial charge is 0.348 e. The molecule has 3 rings (SSSR count). The van der Waals surface area contributed by atoms with E-state index in [2.05, 4.69) is 26.9 Å². The fraction of sp³-hybridized carbons (Fsp3) is 0.333. The first kappa shape index (κ1) is 16.1. The van der Waals surface area contributed by atoms with Crippen LogP contribution in [0.3, 0.4) is 0 Å². The first-order valence-corrected chi connectivity index (χ1v) is 8.13. The van der Waals surface area contributed by atoms with Gasteiger partial charge >= 0.3 is 0 Å². The maximum absolute atomic E-state index is 12.6. The summed E-state index contributed by atoms with van der Waals surface area (Å²) in [6, 6.07) is 11.6. The van der Waals surface area contributed by atoms with Crippen molar-refractivity contribution < 1.29 is 4.79 Å². The van der Waals surface area contributed by atoms with E-state index in [4.69, 9.17) is 0 Å². The fourth-order valence-corrected chi connectivity index (χ4v) is 2.88. The molecule has 24 heavy (non-hydrogen) atoms. The Morgan fingerprint density at radius 3 is 2.62 bits per heavy atom. The van der Waals surface area contributed by atoms with Gasteiger partial charge in [0, 0.05) is 29.1 Å². The van der Waals surface area contributed by atoms with Gasteiger partial charge in [-0.3, -0.25) is 4.79 Å². The van der Waals surface area contributed by atoms with Gasteiger partial charge in [-0.05, 0) is 31.5 Å². The van der Waals surface area contributed by atoms with E-state index in [1.807, 2.05) is 50.2 Å². The molecule has 0 bridgehead atoms. The van der Waals surface area contributed by atoms with Crippen molar-refractivity contribution in [2.75, 3.05) is 0 Å². The lowest BCUT2D eigenvalue weighted by Gasteiger charge is -2.07. The van der Waals surface area contributed by atoms with Crippen LogP contribution in [0.25, 0.3) is 11.4 Å². The summed E-state index contributed by atoms with van der Waals surface area (Å²) in [5, 5.41) is 12.3. The minimum Gasteiger partial charge on any atom is -0.348 e. The van der Waals surface area contributed by atoms with Crippen LogP contribution in [0.15, 0.2) is 36.4 Å². The van der Waals surface area contributed by atoms with Crippen molar-refractivity contribution in [3.8, 4) is 11.4 Å². The standard InChI is InChI=1S/C18H21N5O/c1-4-10-22-13(2)11-16(14(22)3)17(24)12-23-20-18(19-21-23)15-8-6-5-7-9-15/h5-9,11H,4,10,12H2,1-3H3. The Balaban J connectivity index is 1.79. The van der Waals surface area contributed by atoms with E-state index >= 15 is 0 Å². The van der Waals surface area contributed by atoms with E-state index < -0.39 is 0 Å². The van der Waals surface area contributed by atoms with Crippen molar-refractivity contribution in [1.29, 1.82) is 0 Å². The molecule has 0 aliphatic heterocycles. The Morgan fingerprint density at radius 2 is 1.92 bits per heavy atom. The summed E-state index contributed by atoms with van der Waals surface area (Å²) in [5.74, 6) is 0.530. The van der Waals surface area contributed by atoms with Crippen molar-refractivity contribution in [3.63, 3.8) is 0 Å². The van der Waals surface area contributed by atoms with Crippen LogP contribution in [-0.4, -0.2) is 30.6 Å². The van der Waals surface area contributed by atoms with Crippen LogP contribution in [0.4, 0.5) is 0 Å². The topological polar surface area (TPSA) is 65.6 Å². The SMILES string of the molecule is CCCn1c(C)cc(C(=O)Cn2nnc(-c3ccccc3)n2)c1C. The van der Waals surface area contributed by atoms with Crippen molar-refractivity contribution in [2.45, 2.75) is 40.3 Å². The normalized spacial score (nSPS) is 11.0. The quantitative estimate of drug-likeness (QED) is 0.654. The van der Waals surface area contributed by atoms with E-state index in [1.165, 1.54) is 4.80 Å². The third kappa shape index (κ3) is 3.13. The Kier molecular flexibility index (Phi) is 4.55. The second-order valence-electron chi connectivity index (χ2n) is 5.87. The van der Waals surface area contributed by atoms with E-state index in [1.54, 1.807) is 0 Å². The Hall–Kier alpha value is -2.76. The highest BCUT2D eigenvalue weighted by molar-refractivity contribution is 5.97. The predicted molar refractivity (Wildman–Crippen MR) is 91.8 cm³/mol. The summed E-state index contributed by atoms with van der Waals surface area (Å²) in [5.41, 5.74) is 3.73. The number of aryl methyl sites for hydroxylation is 1. The zero-order valence-corrected chi connectivity index (χ0v) is 14.2. The van der Waals surface area contributed by atoms with Crippen LogP contribution in [0.1, 0.15) is 35.1 Å². The van der Waals surface area contributed by atoms with Gasteiger partial charge in [-0.15, -0.1) is 10.2 Å². The molecule has 3 aromatic rings. The van der Waals surface area contributed by atoms with Crippen molar-refractivity contribution >= 4 is 5.78 Å². The molecule has 0 spiro atoms. The molecule has 6 nitrogen and oxygen atoms in total. The first-order valence-electron chi connectivity index (χ1n) is 8.13. The number of nitrogens with zero attached hydrogens (tertiary/aromatic N) is 5. The highest BCUT2D eigenvalue weighted by atomic mass is 16.1. The molecule has 0 aliphatic carbocycles. The van der Waals surface area contributed by atoms with Gasteiger partial charge in [0.25, 0.3) is 0 Å². The molecular formula is C18H21N5O. The number of carbonyl (C=O) groups is 1. The second-order valence-corrected chi connectivity index (χ2v) is 5.87. The molecule has 0 amide bonds. The number of tetrazole rings is 1. The van der Waals surface area contributed by atoms with Gasteiger partial charge in [0.15, 0.2) is 5.78 Å². The van der Waals surface area contributed by atoms with Crippen molar-refractivity contribution in [3.05, 3.63) is 53.3 Å². The van der Waals surface area contributed by atoms with E-state index in [0.29, 0.717) is 5.82 Å².